The summed E-state index contributed by atoms with van der Waals surface area (Å²) >= 11 is 0. The van der Waals surface area contributed by atoms with Crippen LogP contribution in [0, 0.1) is 6.92 Å². The van der Waals surface area contributed by atoms with E-state index in [-0.39, 0.29) is 5.91 Å². The summed E-state index contributed by atoms with van der Waals surface area (Å²) in [6.07, 6.45) is 9.99. The van der Waals surface area contributed by atoms with E-state index >= 15 is 0 Å². The fourth-order valence-electron chi connectivity index (χ4n) is 4.69. The van der Waals surface area contributed by atoms with Gasteiger partial charge in [0.15, 0.2) is 0 Å². The van der Waals surface area contributed by atoms with Crippen molar-refractivity contribution in [3.8, 4) is 0 Å². The van der Waals surface area contributed by atoms with E-state index in [0.717, 1.165) is 55.5 Å². The molecule has 2 aliphatic rings. The molecule has 2 aromatic rings. The maximum absolute atomic E-state index is 13.1. The van der Waals surface area contributed by atoms with Crippen molar-refractivity contribution in [3.05, 3.63) is 29.6 Å². The van der Waals surface area contributed by atoms with Crippen molar-refractivity contribution in [3.63, 3.8) is 0 Å². The number of aromatic nitrogens is 2. The van der Waals surface area contributed by atoms with Crippen LogP contribution in [0.3, 0.4) is 0 Å². The van der Waals surface area contributed by atoms with Gasteiger partial charge in [-0.1, -0.05) is 19.3 Å². The molecule has 1 amide bonds. The second kappa shape index (κ2) is 8.01. The average Bonchev–Trinajstić information content (AvgIpc) is 3.06. The third-order valence-corrected chi connectivity index (χ3v) is 6.35. The molecule has 0 atom stereocenters. The molecule has 3 heterocycles. The summed E-state index contributed by atoms with van der Waals surface area (Å²) in [7, 11) is 1.98. The highest BCUT2D eigenvalue weighted by molar-refractivity contribution is 5.82. The molecule has 1 aliphatic heterocycles. The molecule has 2 fully saturated rings. The number of pyridine rings is 1. The highest BCUT2D eigenvalue weighted by atomic mass is 16.5. The van der Waals surface area contributed by atoms with E-state index in [1.807, 2.05) is 18.1 Å². The Morgan fingerprint density at radius 2 is 1.93 bits per heavy atom. The van der Waals surface area contributed by atoms with Crippen LogP contribution in [0.2, 0.25) is 0 Å². The Kier molecular flexibility index (Phi) is 5.48. The first-order chi connectivity index (χ1) is 13.1. The first-order valence-corrected chi connectivity index (χ1v) is 10.4. The molecule has 2 aromatic heterocycles. The lowest BCUT2D eigenvalue weighted by molar-refractivity contribution is -0.133. The van der Waals surface area contributed by atoms with Crippen LogP contribution in [0.5, 0.6) is 0 Å². The number of carbonyl (C=O) groups excluding carboxylic acids is 1. The lowest BCUT2D eigenvalue weighted by Crippen LogP contribution is -2.40. The lowest BCUT2D eigenvalue weighted by atomic mass is 9.94. The lowest BCUT2D eigenvalue weighted by Gasteiger charge is -2.32. The molecule has 0 spiro atoms. The number of ether oxygens (including phenoxy) is 1. The standard InChI is InChI=1S/C22H31N3O2/c1-16-12-18-13-20(17-8-10-27-11-9-17)25(22(18)23-14-16)15-21(26)24(2)19-6-4-3-5-7-19/h12-14,17,19H,3-11,15H2,1-2H3. The minimum absolute atomic E-state index is 0.204. The van der Waals surface area contributed by atoms with Gasteiger partial charge in [0.25, 0.3) is 0 Å². The number of hydrogen-bond acceptors (Lipinski definition) is 3. The van der Waals surface area contributed by atoms with E-state index in [1.54, 1.807) is 0 Å². The van der Waals surface area contributed by atoms with Gasteiger partial charge in [0.05, 0.1) is 0 Å². The first kappa shape index (κ1) is 18.5. The van der Waals surface area contributed by atoms with Crippen LogP contribution < -0.4 is 0 Å². The van der Waals surface area contributed by atoms with Crippen LogP contribution in [0.4, 0.5) is 0 Å². The number of likely N-dealkylation sites (N-methyl/N-ethyl adjacent to an activating group) is 1. The van der Waals surface area contributed by atoms with Crippen molar-refractivity contribution >= 4 is 16.9 Å². The van der Waals surface area contributed by atoms with Crippen LogP contribution in [-0.4, -0.2) is 46.7 Å². The summed E-state index contributed by atoms with van der Waals surface area (Å²) in [5.74, 6) is 0.649. The molecule has 0 radical (unpaired) electrons. The molecule has 27 heavy (non-hydrogen) atoms. The summed E-state index contributed by atoms with van der Waals surface area (Å²) in [4.78, 5) is 19.8. The highest BCUT2D eigenvalue weighted by Crippen LogP contribution is 2.32. The maximum atomic E-state index is 13.1. The molecule has 146 valence electrons. The van der Waals surface area contributed by atoms with Crippen molar-refractivity contribution < 1.29 is 9.53 Å². The fourth-order valence-corrected chi connectivity index (χ4v) is 4.69. The van der Waals surface area contributed by atoms with Crippen molar-refractivity contribution in [1.29, 1.82) is 0 Å². The van der Waals surface area contributed by atoms with Crippen molar-refractivity contribution in [2.24, 2.45) is 0 Å². The maximum Gasteiger partial charge on any atom is 0.242 e. The number of rotatable bonds is 4. The van der Waals surface area contributed by atoms with E-state index in [2.05, 4.69) is 28.6 Å². The fraction of sp³-hybridized carbons (Fsp3) is 0.636. The molecule has 1 saturated heterocycles. The van der Waals surface area contributed by atoms with Gasteiger partial charge in [-0.15, -0.1) is 0 Å². The second-order valence-electron chi connectivity index (χ2n) is 8.26. The largest absolute Gasteiger partial charge is 0.381 e. The van der Waals surface area contributed by atoms with Gasteiger partial charge in [0, 0.05) is 49.5 Å². The van der Waals surface area contributed by atoms with E-state index < -0.39 is 0 Å². The second-order valence-corrected chi connectivity index (χ2v) is 8.26. The van der Waals surface area contributed by atoms with Crippen LogP contribution in [0.15, 0.2) is 18.3 Å². The van der Waals surface area contributed by atoms with Gasteiger partial charge in [-0.05, 0) is 50.3 Å². The molecule has 0 N–H and O–H groups in total. The predicted molar refractivity (Wildman–Crippen MR) is 107 cm³/mol. The first-order valence-electron chi connectivity index (χ1n) is 10.4. The van der Waals surface area contributed by atoms with Crippen LogP contribution in [-0.2, 0) is 16.1 Å². The Morgan fingerprint density at radius 3 is 2.67 bits per heavy atom. The molecular formula is C22H31N3O2. The number of hydrogen-bond donors (Lipinski definition) is 0. The number of aryl methyl sites for hydroxylation is 1. The molecule has 5 heteroatoms. The van der Waals surface area contributed by atoms with Gasteiger partial charge in [-0.2, -0.15) is 0 Å². The van der Waals surface area contributed by atoms with Crippen molar-refractivity contribution in [2.45, 2.75) is 70.4 Å². The Labute approximate surface area is 161 Å². The summed E-state index contributed by atoms with van der Waals surface area (Å²) in [6.45, 7) is 4.06. The van der Waals surface area contributed by atoms with Crippen LogP contribution in [0.25, 0.3) is 11.0 Å². The third kappa shape index (κ3) is 3.88. The van der Waals surface area contributed by atoms with E-state index in [4.69, 9.17) is 4.74 Å². The average molecular weight is 370 g/mol. The molecule has 0 unspecified atom stereocenters. The van der Waals surface area contributed by atoms with Gasteiger partial charge < -0.3 is 14.2 Å². The summed E-state index contributed by atoms with van der Waals surface area (Å²) in [5, 5.41) is 1.14. The Hall–Kier alpha value is -1.88. The number of fused-ring (bicyclic) bond motifs is 1. The Morgan fingerprint density at radius 1 is 1.19 bits per heavy atom. The summed E-state index contributed by atoms with van der Waals surface area (Å²) < 4.78 is 7.73. The zero-order valence-electron chi connectivity index (χ0n) is 16.6. The topological polar surface area (TPSA) is 47.4 Å². The molecule has 1 aliphatic carbocycles. The summed E-state index contributed by atoms with van der Waals surface area (Å²) in [5.41, 5.74) is 3.34. The predicted octanol–water partition coefficient (Wildman–Crippen LogP) is 4.03. The zero-order valence-corrected chi connectivity index (χ0v) is 16.6. The molecule has 1 saturated carbocycles. The van der Waals surface area contributed by atoms with Crippen molar-refractivity contribution in [1.82, 2.24) is 14.5 Å². The van der Waals surface area contributed by atoms with Crippen LogP contribution in [0.1, 0.15) is 62.1 Å². The normalized spacial score (nSPS) is 19.5. The zero-order chi connectivity index (χ0) is 18.8. The van der Waals surface area contributed by atoms with Gasteiger partial charge in [-0.25, -0.2) is 4.98 Å². The molecule has 0 bridgehead atoms. The van der Waals surface area contributed by atoms with Gasteiger partial charge in [0.2, 0.25) is 5.91 Å². The highest BCUT2D eigenvalue weighted by Gasteiger charge is 2.26. The minimum Gasteiger partial charge on any atom is -0.381 e. The Balaban J connectivity index is 1.63. The van der Waals surface area contributed by atoms with Gasteiger partial charge in [-0.3, -0.25) is 4.79 Å². The molecule has 0 aromatic carbocycles. The van der Waals surface area contributed by atoms with Crippen LogP contribution >= 0.6 is 0 Å². The number of carbonyl (C=O) groups is 1. The van der Waals surface area contributed by atoms with E-state index in [0.29, 0.717) is 18.5 Å². The number of nitrogens with zero attached hydrogens (tertiary/aromatic N) is 3. The van der Waals surface area contributed by atoms with E-state index in [9.17, 15) is 4.79 Å². The van der Waals surface area contributed by atoms with Crippen molar-refractivity contribution in [2.75, 3.05) is 20.3 Å². The van der Waals surface area contributed by atoms with E-state index in [1.165, 1.54) is 25.0 Å². The molecular weight excluding hydrogens is 338 g/mol. The smallest absolute Gasteiger partial charge is 0.242 e. The molecule has 5 nitrogen and oxygen atoms in total. The van der Waals surface area contributed by atoms with Gasteiger partial charge in [0.1, 0.15) is 12.2 Å². The Bertz CT molecular complexity index is 801. The monoisotopic (exact) mass is 369 g/mol. The van der Waals surface area contributed by atoms with Gasteiger partial charge >= 0.3 is 0 Å². The minimum atomic E-state index is 0.204. The summed E-state index contributed by atoms with van der Waals surface area (Å²) in [6, 6.07) is 4.82. The molecule has 4 rings (SSSR count). The quantitative estimate of drug-likeness (QED) is 0.817. The third-order valence-electron chi connectivity index (χ3n) is 6.35. The SMILES string of the molecule is Cc1cnc2c(c1)cc(C1CCOCC1)n2CC(=O)N(C)C1CCCCC1. The number of amides is 1.